The fraction of sp³-hybridized carbons (Fsp3) is 0.462. The molecule has 0 saturated carbocycles. The molecule has 4 nitrogen and oxygen atoms in total. The summed E-state index contributed by atoms with van der Waals surface area (Å²) in [6.45, 7) is 1.45. The van der Waals surface area contributed by atoms with E-state index >= 15 is 0 Å². The summed E-state index contributed by atoms with van der Waals surface area (Å²) in [6, 6.07) is 5.30. The van der Waals surface area contributed by atoms with Crippen LogP contribution in [-0.4, -0.2) is 37.4 Å². The summed E-state index contributed by atoms with van der Waals surface area (Å²) in [5, 5.41) is 9.67. The number of hydrogen-bond donors (Lipinski definition) is 1. The Hall–Kier alpha value is -1.26. The highest BCUT2D eigenvalue weighted by Crippen LogP contribution is 2.27. The molecule has 0 bridgehead atoms. The molecule has 0 amide bonds. The highest BCUT2D eigenvalue weighted by atomic mass is 35.5. The topological polar surface area (TPSA) is 49.8 Å². The summed E-state index contributed by atoms with van der Waals surface area (Å²) in [7, 11) is 1.92. The van der Waals surface area contributed by atoms with Gasteiger partial charge in [-0.3, -0.25) is 0 Å². The Balaban J connectivity index is 2.28. The van der Waals surface area contributed by atoms with Crippen molar-refractivity contribution < 1.29 is 14.6 Å². The van der Waals surface area contributed by atoms with E-state index in [-0.39, 0.29) is 5.56 Å². The van der Waals surface area contributed by atoms with Crippen molar-refractivity contribution in [2.45, 2.75) is 18.9 Å². The quantitative estimate of drug-likeness (QED) is 0.917. The molecule has 1 fully saturated rings. The molecule has 0 aliphatic carbocycles. The predicted octanol–water partition coefficient (Wildman–Crippen LogP) is 2.65. The van der Waals surface area contributed by atoms with Gasteiger partial charge in [0.25, 0.3) is 0 Å². The Bertz CT molecular complexity index is 444. The van der Waals surface area contributed by atoms with E-state index in [1.54, 1.807) is 12.1 Å². The molecule has 2 rings (SSSR count). The Morgan fingerprint density at radius 2 is 2.11 bits per heavy atom. The largest absolute Gasteiger partial charge is 0.478 e. The molecular formula is C13H16ClNO3. The first-order valence-electron chi connectivity index (χ1n) is 5.93. The lowest BCUT2D eigenvalue weighted by molar-refractivity contribution is 0.0696. The van der Waals surface area contributed by atoms with Gasteiger partial charge in [0.1, 0.15) is 0 Å². The van der Waals surface area contributed by atoms with Crippen LogP contribution in [0.5, 0.6) is 0 Å². The first-order chi connectivity index (χ1) is 8.59. The zero-order chi connectivity index (χ0) is 13.1. The van der Waals surface area contributed by atoms with Crippen LogP contribution in [0.1, 0.15) is 23.2 Å². The molecule has 0 unspecified atom stereocenters. The van der Waals surface area contributed by atoms with Crippen LogP contribution in [-0.2, 0) is 4.74 Å². The maximum Gasteiger partial charge on any atom is 0.337 e. The SMILES string of the molecule is CN(c1ccc(Cl)cc1C(=O)O)C1CCOCC1. The van der Waals surface area contributed by atoms with Crippen LogP contribution in [0.3, 0.4) is 0 Å². The number of hydrogen-bond acceptors (Lipinski definition) is 3. The van der Waals surface area contributed by atoms with Crippen molar-refractivity contribution >= 4 is 23.3 Å². The van der Waals surface area contributed by atoms with E-state index in [9.17, 15) is 9.90 Å². The van der Waals surface area contributed by atoms with Crippen LogP contribution in [0.15, 0.2) is 18.2 Å². The van der Waals surface area contributed by atoms with Gasteiger partial charge in [-0.1, -0.05) is 11.6 Å². The third-order valence-electron chi connectivity index (χ3n) is 3.31. The third kappa shape index (κ3) is 2.76. The molecule has 1 heterocycles. The molecule has 1 N–H and O–H groups in total. The van der Waals surface area contributed by atoms with Crippen LogP contribution >= 0.6 is 11.6 Å². The lowest BCUT2D eigenvalue weighted by Gasteiger charge is -2.33. The minimum atomic E-state index is -0.952. The van der Waals surface area contributed by atoms with Gasteiger partial charge in [-0.25, -0.2) is 4.79 Å². The van der Waals surface area contributed by atoms with E-state index in [1.807, 2.05) is 11.9 Å². The zero-order valence-corrected chi connectivity index (χ0v) is 11.0. The van der Waals surface area contributed by atoms with E-state index < -0.39 is 5.97 Å². The number of ether oxygens (including phenoxy) is 1. The van der Waals surface area contributed by atoms with Gasteiger partial charge in [0.2, 0.25) is 0 Å². The van der Waals surface area contributed by atoms with E-state index in [0.717, 1.165) is 26.1 Å². The summed E-state index contributed by atoms with van der Waals surface area (Å²) in [5.74, 6) is -0.952. The molecule has 0 radical (unpaired) electrons. The van der Waals surface area contributed by atoms with Gasteiger partial charge in [0.15, 0.2) is 0 Å². The van der Waals surface area contributed by atoms with Crippen LogP contribution in [0.4, 0.5) is 5.69 Å². The van der Waals surface area contributed by atoms with Crippen molar-refractivity contribution in [3.05, 3.63) is 28.8 Å². The Morgan fingerprint density at radius 1 is 1.44 bits per heavy atom. The predicted molar refractivity (Wildman–Crippen MR) is 70.7 cm³/mol. The Labute approximate surface area is 111 Å². The van der Waals surface area contributed by atoms with E-state index in [2.05, 4.69) is 0 Å². The molecule has 1 aromatic rings. The molecule has 1 aromatic carbocycles. The number of carboxylic acid groups (broad SMARTS) is 1. The lowest BCUT2D eigenvalue weighted by Crippen LogP contribution is -2.37. The van der Waals surface area contributed by atoms with Crippen LogP contribution in [0.2, 0.25) is 5.02 Å². The molecule has 98 valence electrons. The van der Waals surface area contributed by atoms with E-state index in [4.69, 9.17) is 16.3 Å². The van der Waals surface area contributed by atoms with Crippen molar-refractivity contribution in [1.29, 1.82) is 0 Å². The second-order valence-corrected chi connectivity index (χ2v) is 4.86. The summed E-state index contributed by atoms with van der Waals surface area (Å²) in [6.07, 6.45) is 1.83. The summed E-state index contributed by atoms with van der Waals surface area (Å²) >= 11 is 5.85. The number of rotatable bonds is 3. The van der Waals surface area contributed by atoms with E-state index in [1.165, 1.54) is 6.07 Å². The van der Waals surface area contributed by atoms with Gasteiger partial charge in [0, 0.05) is 31.3 Å². The van der Waals surface area contributed by atoms with Crippen LogP contribution in [0, 0.1) is 0 Å². The molecule has 1 aliphatic heterocycles. The normalized spacial score (nSPS) is 16.6. The highest BCUT2D eigenvalue weighted by Gasteiger charge is 2.22. The summed E-state index contributed by atoms with van der Waals surface area (Å²) in [5.41, 5.74) is 0.954. The van der Waals surface area contributed by atoms with Crippen molar-refractivity contribution in [1.82, 2.24) is 0 Å². The van der Waals surface area contributed by atoms with Crippen LogP contribution < -0.4 is 4.90 Å². The van der Waals surface area contributed by atoms with Gasteiger partial charge in [-0.05, 0) is 31.0 Å². The number of benzene rings is 1. The number of nitrogens with zero attached hydrogens (tertiary/aromatic N) is 1. The Morgan fingerprint density at radius 3 is 2.72 bits per heavy atom. The average Bonchev–Trinajstić information content (AvgIpc) is 2.39. The average molecular weight is 270 g/mol. The number of halogens is 1. The molecule has 1 saturated heterocycles. The number of carboxylic acids is 1. The molecule has 0 atom stereocenters. The van der Waals surface area contributed by atoms with Crippen molar-refractivity contribution in [3.8, 4) is 0 Å². The lowest BCUT2D eigenvalue weighted by atomic mass is 10.0. The minimum absolute atomic E-state index is 0.247. The molecule has 0 spiro atoms. The molecule has 5 heteroatoms. The van der Waals surface area contributed by atoms with Gasteiger partial charge < -0.3 is 14.7 Å². The summed E-state index contributed by atoms with van der Waals surface area (Å²) < 4.78 is 5.32. The number of anilines is 1. The Kier molecular flexibility index (Phi) is 4.09. The second kappa shape index (κ2) is 5.59. The van der Waals surface area contributed by atoms with Crippen molar-refractivity contribution in [2.75, 3.05) is 25.2 Å². The minimum Gasteiger partial charge on any atom is -0.478 e. The van der Waals surface area contributed by atoms with Crippen molar-refractivity contribution in [2.24, 2.45) is 0 Å². The fourth-order valence-corrected chi connectivity index (χ4v) is 2.43. The third-order valence-corrected chi connectivity index (χ3v) is 3.54. The smallest absolute Gasteiger partial charge is 0.337 e. The summed E-state index contributed by atoms with van der Waals surface area (Å²) in [4.78, 5) is 13.3. The molecular weight excluding hydrogens is 254 g/mol. The number of aromatic carboxylic acids is 1. The number of carbonyl (C=O) groups is 1. The van der Waals surface area contributed by atoms with E-state index in [0.29, 0.717) is 16.8 Å². The first-order valence-corrected chi connectivity index (χ1v) is 6.31. The fourth-order valence-electron chi connectivity index (χ4n) is 2.26. The van der Waals surface area contributed by atoms with Gasteiger partial charge in [0.05, 0.1) is 11.3 Å². The molecule has 1 aliphatic rings. The molecule has 0 aromatic heterocycles. The molecule has 18 heavy (non-hydrogen) atoms. The first kappa shape index (κ1) is 13.2. The monoisotopic (exact) mass is 269 g/mol. The van der Waals surface area contributed by atoms with Gasteiger partial charge in [-0.15, -0.1) is 0 Å². The maximum absolute atomic E-state index is 11.3. The second-order valence-electron chi connectivity index (χ2n) is 4.42. The maximum atomic E-state index is 11.3. The van der Waals surface area contributed by atoms with Gasteiger partial charge in [-0.2, -0.15) is 0 Å². The highest BCUT2D eigenvalue weighted by molar-refractivity contribution is 6.31. The zero-order valence-electron chi connectivity index (χ0n) is 10.2. The van der Waals surface area contributed by atoms with Gasteiger partial charge >= 0.3 is 5.97 Å². The standard InChI is InChI=1S/C13H16ClNO3/c1-15(10-4-6-18-7-5-10)12-3-2-9(14)8-11(12)13(16)17/h2-3,8,10H,4-7H2,1H3,(H,16,17). The van der Waals surface area contributed by atoms with Crippen LogP contribution in [0.25, 0.3) is 0 Å². The van der Waals surface area contributed by atoms with Crippen molar-refractivity contribution in [3.63, 3.8) is 0 Å².